The van der Waals surface area contributed by atoms with Gasteiger partial charge in [0.25, 0.3) is 0 Å². The van der Waals surface area contributed by atoms with Crippen molar-refractivity contribution in [1.29, 1.82) is 0 Å². The molecular weight excluding hydrogens is 278 g/mol. The smallest absolute Gasteiger partial charge is 0.239 e. The zero-order valence-corrected chi connectivity index (χ0v) is 12.7. The summed E-state index contributed by atoms with van der Waals surface area (Å²) in [4.78, 5) is 4.40. The molecule has 7 nitrogen and oxygen atoms in total. The van der Waals surface area contributed by atoms with Crippen molar-refractivity contribution < 1.29 is 9.63 Å². The Labute approximate surface area is 121 Å². The lowest BCUT2D eigenvalue weighted by molar-refractivity contribution is 0.266. The lowest BCUT2D eigenvalue weighted by Gasteiger charge is -2.05. The molecule has 2 heterocycles. The van der Waals surface area contributed by atoms with Crippen LogP contribution in [-0.4, -0.2) is 30.0 Å². The van der Waals surface area contributed by atoms with Crippen LogP contribution < -0.4 is 0 Å². The molecule has 0 radical (unpaired) electrons. The van der Waals surface area contributed by atoms with E-state index in [1.807, 2.05) is 14.0 Å². The maximum Gasteiger partial charge on any atom is 0.239 e. The zero-order chi connectivity index (χ0) is 14.5. The highest BCUT2D eigenvalue weighted by Crippen LogP contribution is 2.32. The minimum atomic E-state index is -0.125. The standard InChI is InChI=1S/C12H19N5O2S/c1-4-5-6-9-13-11(19-16-9)8(2)20-12-15-14-10(7-18)17(12)3/h8,18H,4-7H2,1-3H3. The van der Waals surface area contributed by atoms with Crippen LogP contribution in [0.2, 0.25) is 0 Å². The Kier molecular flexibility index (Phi) is 5.13. The Hall–Kier alpha value is -1.41. The van der Waals surface area contributed by atoms with Gasteiger partial charge in [0, 0.05) is 13.5 Å². The highest BCUT2D eigenvalue weighted by molar-refractivity contribution is 7.99. The summed E-state index contributed by atoms with van der Waals surface area (Å²) in [6.45, 7) is 3.99. The van der Waals surface area contributed by atoms with Gasteiger partial charge in [0.15, 0.2) is 16.8 Å². The van der Waals surface area contributed by atoms with Gasteiger partial charge in [0.2, 0.25) is 5.89 Å². The molecule has 0 saturated heterocycles. The number of aryl methyl sites for hydroxylation is 1. The van der Waals surface area contributed by atoms with Crippen LogP contribution in [0.5, 0.6) is 0 Å². The molecule has 110 valence electrons. The first-order valence-electron chi connectivity index (χ1n) is 6.64. The highest BCUT2D eigenvalue weighted by Gasteiger charge is 2.19. The number of thioether (sulfide) groups is 1. The van der Waals surface area contributed by atoms with E-state index >= 15 is 0 Å². The number of hydrogen-bond donors (Lipinski definition) is 1. The van der Waals surface area contributed by atoms with Gasteiger partial charge in [-0.1, -0.05) is 30.3 Å². The fourth-order valence-corrected chi connectivity index (χ4v) is 2.53. The Bertz CT molecular complexity index is 554. The molecule has 8 heteroatoms. The van der Waals surface area contributed by atoms with Gasteiger partial charge in [0.05, 0.1) is 5.25 Å². The first kappa shape index (κ1) is 15.0. The fraction of sp³-hybridized carbons (Fsp3) is 0.667. The Balaban J connectivity index is 2.02. The van der Waals surface area contributed by atoms with Gasteiger partial charge in [-0.05, 0) is 13.3 Å². The second kappa shape index (κ2) is 6.85. The summed E-state index contributed by atoms with van der Waals surface area (Å²) >= 11 is 1.48. The Morgan fingerprint density at radius 3 is 2.85 bits per heavy atom. The average Bonchev–Trinajstić information content (AvgIpc) is 3.04. The molecule has 2 aromatic heterocycles. The molecule has 2 aromatic rings. The van der Waals surface area contributed by atoms with E-state index in [0.29, 0.717) is 11.7 Å². The molecule has 0 saturated carbocycles. The van der Waals surface area contributed by atoms with E-state index < -0.39 is 0 Å². The first-order chi connectivity index (χ1) is 9.65. The van der Waals surface area contributed by atoms with Crippen molar-refractivity contribution in [2.24, 2.45) is 7.05 Å². The predicted octanol–water partition coefficient (Wildman–Crippen LogP) is 1.89. The molecule has 0 aliphatic heterocycles. The molecule has 1 atom stereocenters. The average molecular weight is 297 g/mol. The monoisotopic (exact) mass is 297 g/mol. The number of aliphatic hydroxyl groups excluding tert-OH is 1. The van der Waals surface area contributed by atoms with Crippen molar-refractivity contribution in [3.05, 3.63) is 17.5 Å². The van der Waals surface area contributed by atoms with E-state index in [2.05, 4.69) is 27.3 Å². The summed E-state index contributed by atoms with van der Waals surface area (Å²) in [5.41, 5.74) is 0. The summed E-state index contributed by atoms with van der Waals surface area (Å²) in [5.74, 6) is 1.88. The Morgan fingerprint density at radius 1 is 1.40 bits per heavy atom. The first-order valence-corrected chi connectivity index (χ1v) is 7.52. The van der Waals surface area contributed by atoms with Crippen LogP contribution in [0.1, 0.15) is 49.5 Å². The third-order valence-corrected chi connectivity index (χ3v) is 4.06. The van der Waals surface area contributed by atoms with Crippen LogP contribution in [0.25, 0.3) is 0 Å². The normalized spacial score (nSPS) is 12.8. The number of unbranched alkanes of at least 4 members (excludes halogenated alkanes) is 1. The molecule has 2 rings (SSSR count). The van der Waals surface area contributed by atoms with Crippen LogP contribution in [-0.2, 0) is 20.1 Å². The van der Waals surface area contributed by atoms with Crippen molar-refractivity contribution in [1.82, 2.24) is 24.9 Å². The largest absolute Gasteiger partial charge is 0.388 e. The number of aliphatic hydroxyl groups is 1. The molecule has 0 aromatic carbocycles. The zero-order valence-electron chi connectivity index (χ0n) is 11.9. The summed E-state index contributed by atoms with van der Waals surface area (Å²) in [6.07, 6.45) is 3.01. The lowest BCUT2D eigenvalue weighted by atomic mass is 10.2. The van der Waals surface area contributed by atoms with Gasteiger partial charge in [-0.25, -0.2) is 0 Å². The third kappa shape index (κ3) is 3.37. The maximum absolute atomic E-state index is 9.10. The predicted molar refractivity (Wildman–Crippen MR) is 74.1 cm³/mol. The summed E-state index contributed by atoms with van der Waals surface area (Å²) < 4.78 is 7.04. The quantitative estimate of drug-likeness (QED) is 0.780. The number of hydrogen-bond acceptors (Lipinski definition) is 7. The highest BCUT2D eigenvalue weighted by atomic mass is 32.2. The van der Waals surface area contributed by atoms with E-state index in [-0.39, 0.29) is 11.9 Å². The summed E-state index contributed by atoms with van der Waals surface area (Å²) in [5, 5.41) is 21.7. The van der Waals surface area contributed by atoms with Gasteiger partial charge >= 0.3 is 0 Å². The molecule has 0 amide bonds. The van der Waals surface area contributed by atoms with Crippen molar-refractivity contribution >= 4 is 11.8 Å². The molecule has 20 heavy (non-hydrogen) atoms. The molecule has 0 fully saturated rings. The minimum Gasteiger partial charge on any atom is -0.388 e. The van der Waals surface area contributed by atoms with Gasteiger partial charge in [0.1, 0.15) is 6.61 Å². The number of nitrogens with zero attached hydrogens (tertiary/aromatic N) is 5. The SMILES string of the molecule is CCCCc1noc(C(C)Sc2nnc(CO)n2C)n1. The number of aromatic nitrogens is 5. The van der Waals surface area contributed by atoms with E-state index in [1.54, 1.807) is 4.57 Å². The molecule has 0 aliphatic rings. The van der Waals surface area contributed by atoms with Crippen LogP contribution >= 0.6 is 11.8 Å². The van der Waals surface area contributed by atoms with E-state index in [1.165, 1.54) is 11.8 Å². The van der Waals surface area contributed by atoms with Crippen molar-refractivity contribution in [2.45, 2.75) is 50.1 Å². The Morgan fingerprint density at radius 2 is 2.20 bits per heavy atom. The fourth-order valence-electron chi connectivity index (χ4n) is 1.66. The topological polar surface area (TPSA) is 89.9 Å². The minimum absolute atomic E-state index is 0.00711. The maximum atomic E-state index is 9.10. The van der Waals surface area contributed by atoms with E-state index in [9.17, 15) is 0 Å². The number of rotatable bonds is 7. The second-order valence-electron chi connectivity index (χ2n) is 4.53. The summed E-state index contributed by atoms with van der Waals surface area (Å²) in [7, 11) is 1.82. The van der Waals surface area contributed by atoms with Crippen LogP contribution in [0, 0.1) is 0 Å². The molecule has 1 unspecified atom stereocenters. The van der Waals surface area contributed by atoms with Crippen LogP contribution in [0.4, 0.5) is 0 Å². The second-order valence-corrected chi connectivity index (χ2v) is 5.84. The lowest BCUT2D eigenvalue weighted by Crippen LogP contribution is -1.99. The molecule has 1 N–H and O–H groups in total. The molecule has 0 aliphatic carbocycles. The van der Waals surface area contributed by atoms with Crippen LogP contribution in [0.3, 0.4) is 0 Å². The van der Waals surface area contributed by atoms with Crippen molar-refractivity contribution in [3.63, 3.8) is 0 Å². The van der Waals surface area contributed by atoms with Gasteiger partial charge in [-0.15, -0.1) is 10.2 Å². The van der Waals surface area contributed by atoms with Gasteiger partial charge in [-0.3, -0.25) is 0 Å². The van der Waals surface area contributed by atoms with E-state index in [0.717, 1.165) is 30.2 Å². The molecule has 0 spiro atoms. The van der Waals surface area contributed by atoms with E-state index in [4.69, 9.17) is 9.63 Å². The van der Waals surface area contributed by atoms with Crippen molar-refractivity contribution in [2.75, 3.05) is 0 Å². The van der Waals surface area contributed by atoms with Crippen LogP contribution in [0.15, 0.2) is 9.68 Å². The molecular formula is C12H19N5O2S. The van der Waals surface area contributed by atoms with Crippen molar-refractivity contribution in [3.8, 4) is 0 Å². The third-order valence-electron chi connectivity index (χ3n) is 2.93. The summed E-state index contributed by atoms with van der Waals surface area (Å²) in [6, 6.07) is 0. The molecule has 0 bridgehead atoms. The van der Waals surface area contributed by atoms with Gasteiger partial charge < -0.3 is 14.2 Å². The van der Waals surface area contributed by atoms with Gasteiger partial charge in [-0.2, -0.15) is 4.98 Å².